The van der Waals surface area contributed by atoms with E-state index in [4.69, 9.17) is 10.4 Å². The molecule has 0 atom stereocenters. The van der Waals surface area contributed by atoms with Crippen LogP contribution in [0, 0.1) is 11.3 Å². The number of benzene rings is 2. The van der Waals surface area contributed by atoms with Gasteiger partial charge in [-0.1, -0.05) is 23.5 Å². The molecule has 0 fully saturated rings. The van der Waals surface area contributed by atoms with E-state index in [1.54, 1.807) is 6.07 Å². The molecule has 20 heavy (non-hydrogen) atoms. The van der Waals surface area contributed by atoms with Crippen molar-refractivity contribution < 1.29 is 5.11 Å². The van der Waals surface area contributed by atoms with Gasteiger partial charge in [-0.05, 0) is 35.9 Å². The Kier molecular flexibility index (Phi) is 3.33. The third-order valence-corrected chi connectivity index (χ3v) is 3.81. The fourth-order valence-corrected chi connectivity index (χ4v) is 2.84. The lowest BCUT2D eigenvalue weighted by Gasteiger charge is -2.03. The van der Waals surface area contributed by atoms with Gasteiger partial charge >= 0.3 is 0 Å². The molecule has 98 valence electrons. The molecule has 4 nitrogen and oxygen atoms in total. The average Bonchev–Trinajstić information content (AvgIpc) is 2.88. The molecule has 0 saturated heterocycles. The van der Waals surface area contributed by atoms with Gasteiger partial charge in [0, 0.05) is 5.69 Å². The molecule has 1 aromatic heterocycles. The lowest BCUT2D eigenvalue weighted by atomic mass is 10.2. The Bertz CT molecular complexity index is 804. The summed E-state index contributed by atoms with van der Waals surface area (Å²) in [6.07, 6.45) is 0. The Labute approximate surface area is 119 Å². The van der Waals surface area contributed by atoms with Gasteiger partial charge in [-0.25, -0.2) is 4.98 Å². The summed E-state index contributed by atoms with van der Waals surface area (Å²) in [4.78, 5) is 4.47. The monoisotopic (exact) mass is 281 g/mol. The first-order chi connectivity index (χ1) is 9.78. The van der Waals surface area contributed by atoms with Gasteiger partial charge in [0.15, 0.2) is 5.13 Å². The summed E-state index contributed by atoms with van der Waals surface area (Å²) >= 11 is 1.50. The van der Waals surface area contributed by atoms with Gasteiger partial charge in [0.25, 0.3) is 0 Å². The summed E-state index contributed by atoms with van der Waals surface area (Å²) in [6, 6.07) is 15.1. The lowest BCUT2D eigenvalue weighted by molar-refractivity contribution is 0.282. The summed E-state index contributed by atoms with van der Waals surface area (Å²) in [5.74, 6) is 0. The van der Waals surface area contributed by atoms with E-state index >= 15 is 0 Å². The summed E-state index contributed by atoms with van der Waals surface area (Å²) in [7, 11) is 0. The van der Waals surface area contributed by atoms with Crippen LogP contribution in [0.3, 0.4) is 0 Å². The number of aromatic nitrogens is 1. The largest absolute Gasteiger partial charge is 0.392 e. The van der Waals surface area contributed by atoms with E-state index in [-0.39, 0.29) is 6.61 Å². The minimum atomic E-state index is 0.0148. The average molecular weight is 281 g/mol. The van der Waals surface area contributed by atoms with Crippen molar-refractivity contribution in [3.63, 3.8) is 0 Å². The number of rotatable bonds is 3. The maximum Gasteiger partial charge on any atom is 0.188 e. The number of fused-ring (bicyclic) bond motifs is 1. The number of nitrogens with one attached hydrogen (secondary N) is 1. The number of nitriles is 1. The van der Waals surface area contributed by atoms with E-state index in [0.717, 1.165) is 26.6 Å². The topological polar surface area (TPSA) is 68.9 Å². The molecule has 0 bridgehead atoms. The fourth-order valence-electron chi connectivity index (χ4n) is 1.92. The molecule has 0 saturated carbocycles. The summed E-state index contributed by atoms with van der Waals surface area (Å²) in [5.41, 5.74) is 3.24. The standard InChI is InChI=1S/C15H11N3OS/c16-8-10-4-5-13-14(7-10)20-15(18-13)17-12-3-1-2-11(6-12)9-19/h1-7,19H,9H2,(H,17,18). The Morgan fingerprint density at radius 3 is 2.95 bits per heavy atom. The van der Waals surface area contributed by atoms with Gasteiger partial charge in [0.05, 0.1) is 28.5 Å². The molecule has 0 aliphatic rings. The number of nitrogens with zero attached hydrogens (tertiary/aromatic N) is 2. The highest BCUT2D eigenvalue weighted by Crippen LogP contribution is 2.29. The third kappa shape index (κ3) is 2.48. The second-order valence-corrected chi connectivity index (χ2v) is 5.33. The van der Waals surface area contributed by atoms with Gasteiger partial charge < -0.3 is 10.4 Å². The molecule has 0 amide bonds. The lowest BCUT2D eigenvalue weighted by Crippen LogP contribution is -1.91. The van der Waals surface area contributed by atoms with Crippen LogP contribution in [0.1, 0.15) is 11.1 Å². The fraction of sp³-hybridized carbons (Fsp3) is 0.0667. The van der Waals surface area contributed by atoms with Crippen LogP contribution in [0.5, 0.6) is 0 Å². The highest BCUT2D eigenvalue weighted by Gasteiger charge is 2.05. The maximum absolute atomic E-state index is 9.13. The Hall–Kier alpha value is -2.42. The number of aliphatic hydroxyl groups is 1. The molecule has 0 spiro atoms. The Morgan fingerprint density at radius 2 is 2.15 bits per heavy atom. The summed E-state index contributed by atoms with van der Waals surface area (Å²) in [6.45, 7) is 0.0148. The van der Waals surface area contributed by atoms with E-state index in [0.29, 0.717) is 5.56 Å². The highest BCUT2D eigenvalue weighted by atomic mass is 32.1. The van der Waals surface area contributed by atoms with Crippen LogP contribution < -0.4 is 5.32 Å². The number of hydrogen-bond acceptors (Lipinski definition) is 5. The van der Waals surface area contributed by atoms with Crippen LogP contribution in [0.25, 0.3) is 10.2 Å². The molecule has 3 rings (SSSR count). The zero-order valence-corrected chi connectivity index (χ0v) is 11.3. The zero-order valence-electron chi connectivity index (χ0n) is 10.5. The van der Waals surface area contributed by atoms with Crippen molar-refractivity contribution in [1.29, 1.82) is 5.26 Å². The van der Waals surface area contributed by atoms with E-state index in [1.165, 1.54) is 11.3 Å². The molecule has 0 aliphatic heterocycles. The molecule has 5 heteroatoms. The van der Waals surface area contributed by atoms with Crippen molar-refractivity contribution in [2.75, 3.05) is 5.32 Å². The SMILES string of the molecule is N#Cc1ccc2nc(Nc3cccc(CO)c3)sc2c1. The zero-order chi connectivity index (χ0) is 13.9. The van der Waals surface area contributed by atoms with Gasteiger partial charge in [0.1, 0.15) is 0 Å². The number of aliphatic hydroxyl groups excluding tert-OH is 1. The smallest absolute Gasteiger partial charge is 0.188 e. The van der Waals surface area contributed by atoms with E-state index < -0.39 is 0 Å². The van der Waals surface area contributed by atoms with Crippen LogP contribution in [0.4, 0.5) is 10.8 Å². The Morgan fingerprint density at radius 1 is 1.25 bits per heavy atom. The van der Waals surface area contributed by atoms with E-state index in [1.807, 2.05) is 36.4 Å². The minimum Gasteiger partial charge on any atom is -0.392 e. The molecule has 0 radical (unpaired) electrons. The minimum absolute atomic E-state index is 0.0148. The van der Waals surface area contributed by atoms with Crippen molar-refractivity contribution in [2.45, 2.75) is 6.61 Å². The van der Waals surface area contributed by atoms with Crippen molar-refractivity contribution in [2.24, 2.45) is 0 Å². The maximum atomic E-state index is 9.13. The first-order valence-corrected chi connectivity index (χ1v) is 6.87. The first-order valence-electron chi connectivity index (χ1n) is 6.06. The van der Waals surface area contributed by atoms with Crippen LogP contribution in [0.15, 0.2) is 42.5 Å². The molecular formula is C15H11N3OS. The van der Waals surface area contributed by atoms with Crippen molar-refractivity contribution in [3.05, 3.63) is 53.6 Å². The molecule has 0 unspecified atom stereocenters. The van der Waals surface area contributed by atoms with Crippen LogP contribution in [-0.4, -0.2) is 10.1 Å². The predicted molar refractivity (Wildman–Crippen MR) is 80.0 cm³/mol. The van der Waals surface area contributed by atoms with Crippen LogP contribution in [0.2, 0.25) is 0 Å². The van der Waals surface area contributed by atoms with Crippen molar-refractivity contribution in [1.82, 2.24) is 4.98 Å². The normalized spacial score (nSPS) is 10.4. The van der Waals surface area contributed by atoms with Gasteiger partial charge in [0.2, 0.25) is 0 Å². The molecule has 0 aliphatic carbocycles. The van der Waals surface area contributed by atoms with Crippen LogP contribution in [-0.2, 0) is 6.61 Å². The van der Waals surface area contributed by atoms with Gasteiger partial charge in [-0.2, -0.15) is 5.26 Å². The molecule has 2 aromatic carbocycles. The second kappa shape index (κ2) is 5.29. The Balaban J connectivity index is 1.92. The van der Waals surface area contributed by atoms with Crippen molar-refractivity contribution >= 4 is 32.4 Å². The first kappa shape index (κ1) is 12.6. The number of thiazole rings is 1. The molecule has 1 heterocycles. The highest BCUT2D eigenvalue weighted by molar-refractivity contribution is 7.22. The van der Waals surface area contributed by atoms with Gasteiger partial charge in [-0.15, -0.1) is 0 Å². The molecule has 2 N–H and O–H groups in total. The number of hydrogen-bond donors (Lipinski definition) is 2. The van der Waals surface area contributed by atoms with E-state index in [9.17, 15) is 0 Å². The quantitative estimate of drug-likeness (QED) is 0.772. The summed E-state index contributed by atoms with van der Waals surface area (Å²) in [5, 5.41) is 22.0. The number of anilines is 2. The third-order valence-electron chi connectivity index (χ3n) is 2.88. The molecule has 3 aromatic rings. The second-order valence-electron chi connectivity index (χ2n) is 4.30. The van der Waals surface area contributed by atoms with E-state index in [2.05, 4.69) is 16.4 Å². The van der Waals surface area contributed by atoms with Crippen molar-refractivity contribution in [3.8, 4) is 6.07 Å². The predicted octanol–water partition coefficient (Wildman–Crippen LogP) is 3.40. The van der Waals surface area contributed by atoms with Gasteiger partial charge in [-0.3, -0.25) is 0 Å². The van der Waals surface area contributed by atoms with Crippen LogP contribution >= 0.6 is 11.3 Å². The molecular weight excluding hydrogens is 270 g/mol. The summed E-state index contributed by atoms with van der Waals surface area (Å²) < 4.78 is 0.977.